The van der Waals surface area contributed by atoms with Crippen LogP contribution in [0, 0.1) is 6.92 Å². The second-order valence-electron chi connectivity index (χ2n) is 7.09. The van der Waals surface area contributed by atoms with Crippen LogP contribution in [0.5, 0.6) is 0 Å². The van der Waals surface area contributed by atoms with Gasteiger partial charge in [-0.1, -0.05) is 26.0 Å². The number of benzene rings is 1. The Morgan fingerprint density at radius 3 is 2.70 bits per heavy atom. The minimum Gasteiger partial charge on any atom is -0.342 e. The number of carbonyl (C=O) groups is 1. The van der Waals surface area contributed by atoms with E-state index in [1.54, 1.807) is 11.1 Å². The number of carbonyl (C=O) groups excluding carboxylic acids is 1. The summed E-state index contributed by atoms with van der Waals surface area (Å²) in [7, 11) is 1.86. The van der Waals surface area contributed by atoms with E-state index in [0.29, 0.717) is 18.2 Å². The first-order valence-corrected chi connectivity index (χ1v) is 9.78. The van der Waals surface area contributed by atoms with Gasteiger partial charge in [0.2, 0.25) is 0 Å². The van der Waals surface area contributed by atoms with Gasteiger partial charge >= 0.3 is 0 Å². The molecule has 0 spiro atoms. The van der Waals surface area contributed by atoms with Crippen molar-refractivity contribution >= 4 is 16.9 Å². The molecule has 2 aromatic heterocycles. The number of fused-ring (bicyclic) bond motifs is 1. The van der Waals surface area contributed by atoms with E-state index in [4.69, 9.17) is 0 Å². The molecule has 0 radical (unpaired) electrons. The average molecular weight is 367 g/mol. The standard InChI is InChI=1S/C21H29N5O/c1-5-16(6-2)26-15(3)17(14-22-26)21(27)25(4)13-9-12-20-23-18-10-7-8-11-19(18)24-20/h7-8,10-11,14,16H,5-6,9,12-13H2,1-4H3,(H,23,24). The van der Waals surface area contributed by atoms with Gasteiger partial charge in [-0.3, -0.25) is 9.48 Å². The first kappa shape index (κ1) is 19.1. The molecule has 0 saturated carbocycles. The molecular formula is C21H29N5O. The Bertz CT molecular complexity index is 873. The number of aromatic amines is 1. The lowest BCUT2D eigenvalue weighted by Crippen LogP contribution is -2.28. The van der Waals surface area contributed by atoms with Crippen LogP contribution in [0.3, 0.4) is 0 Å². The number of hydrogen-bond acceptors (Lipinski definition) is 3. The van der Waals surface area contributed by atoms with E-state index >= 15 is 0 Å². The molecule has 0 aliphatic carbocycles. The van der Waals surface area contributed by atoms with Crippen molar-refractivity contribution in [3.8, 4) is 0 Å². The minimum absolute atomic E-state index is 0.0364. The maximum atomic E-state index is 12.8. The Balaban J connectivity index is 1.59. The molecule has 0 saturated heterocycles. The number of amides is 1. The number of nitrogens with one attached hydrogen (secondary N) is 1. The number of imidazole rings is 1. The third-order valence-corrected chi connectivity index (χ3v) is 5.26. The Morgan fingerprint density at radius 2 is 2.00 bits per heavy atom. The van der Waals surface area contributed by atoms with Gasteiger partial charge in [0, 0.05) is 25.7 Å². The van der Waals surface area contributed by atoms with Crippen molar-refractivity contribution in [1.29, 1.82) is 0 Å². The number of para-hydroxylation sites is 2. The van der Waals surface area contributed by atoms with E-state index in [1.807, 2.05) is 42.9 Å². The van der Waals surface area contributed by atoms with Gasteiger partial charge in [-0.05, 0) is 38.3 Å². The third-order valence-electron chi connectivity index (χ3n) is 5.26. The van der Waals surface area contributed by atoms with Crippen molar-refractivity contribution in [2.24, 2.45) is 0 Å². The first-order valence-electron chi connectivity index (χ1n) is 9.78. The summed E-state index contributed by atoms with van der Waals surface area (Å²) in [5.41, 5.74) is 3.70. The lowest BCUT2D eigenvalue weighted by molar-refractivity contribution is 0.0792. The lowest BCUT2D eigenvalue weighted by atomic mass is 10.1. The first-order chi connectivity index (χ1) is 13.0. The van der Waals surface area contributed by atoms with Crippen molar-refractivity contribution in [3.63, 3.8) is 0 Å². The van der Waals surface area contributed by atoms with Crippen LogP contribution in [0.15, 0.2) is 30.5 Å². The summed E-state index contributed by atoms with van der Waals surface area (Å²) in [6, 6.07) is 8.38. The molecule has 0 bridgehead atoms. The largest absolute Gasteiger partial charge is 0.342 e. The molecule has 6 nitrogen and oxygen atoms in total. The van der Waals surface area contributed by atoms with Crippen molar-refractivity contribution in [2.75, 3.05) is 13.6 Å². The molecule has 6 heteroatoms. The highest BCUT2D eigenvalue weighted by Crippen LogP contribution is 2.20. The Labute approximate surface area is 160 Å². The molecule has 0 fully saturated rings. The van der Waals surface area contributed by atoms with E-state index in [0.717, 1.165) is 48.2 Å². The van der Waals surface area contributed by atoms with Crippen molar-refractivity contribution in [3.05, 3.63) is 47.5 Å². The number of aromatic nitrogens is 4. The highest BCUT2D eigenvalue weighted by atomic mass is 16.2. The second-order valence-corrected chi connectivity index (χ2v) is 7.09. The SMILES string of the molecule is CCC(CC)n1ncc(C(=O)N(C)CCCc2nc3ccccc3[nH]2)c1C. The number of hydrogen-bond donors (Lipinski definition) is 1. The van der Waals surface area contributed by atoms with Gasteiger partial charge in [0.1, 0.15) is 5.82 Å². The molecule has 3 rings (SSSR count). The van der Waals surface area contributed by atoms with E-state index in [1.165, 1.54) is 0 Å². The van der Waals surface area contributed by atoms with Crippen LogP contribution in [0.25, 0.3) is 11.0 Å². The summed E-state index contributed by atoms with van der Waals surface area (Å²) in [5, 5.41) is 4.47. The molecule has 2 heterocycles. The lowest BCUT2D eigenvalue weighted by Gasteiger charge is -2.18. The summed E-state index contributed by atoms with van der Waals surface area (Å²) in [6.07, 6.45) is 5.42. The number of rotatable bonds is 8. The Hall–Kier alpha value is -2.63. The summed E-state index contributed by atoms with van der Waals surface area (Å²) in [6.45, 7) is 6.98. The molecule has 1 amide bonds. The normalized spacial score (nSPS) is 11.4. The number of H-pyrrole nitrogens is 1. The summed E-state index contributed by atoms with van der Waals surface area (Å²) < 4.78 is 2.00. The van der Waals surface area contributed by atoms with Gasteiger partial charge in [0.05, 0.1) is 28.8 Å². The molecule has 1 aromatic carbocycles. The van der Waals surface area contributed by atoms with Crippen LogP contribution in [-0.4, -0.2) is 44.1 Å². The van der Waals surface area contributed by atoms with E-state index in [-0.39, 0.29) is 5.91 Å². The number of aryl methyl sites for hydroxylation is 1. The van der Waals surface area contributed by atoms with Gasteiger partial charge in [-0.15, -0.1) is 0 Å². The summed E-state index contributed by atoms with van der Waals surface area (Å²) in [5.74, 6) is 1.00. The molecule has 0 unspecified atom stereocenters. The number of nitrogens with zero attached hydrogens (tertiary/aromatic N) is 4. The smallest absolute Gasteiger partial charge is 0.257 e. The zero-order valence-corrected chi connectivity index (χ0v) is 16.7. The molecule has 144 valence electrons. The quantitative estimate of drug-likeness (QED) is 0.651. The van der Waals surface area contributed by atoms with Crippen LogP contribution in [-0.2, 0) is 6.42 Å². The zero-order valence-electron chi connectivity index (χ0n) is 16.7. The molecule has 27 heavy (non-hydrogen) atoms. The van der Waals surface area contributed by atoms with Crippen molar-refractivity contribution < 1.29 is 4.79 Å². The summed E-state index contributed by atoms with van der Waals surface area (Å²) >= 11 is 0. The van der Waals surface area contributed by atoms with Crippen LogP contribution in [0.1, 0.15) is 61.0 Å². The predicted octanol–water partition coefficient (Wildman–Crippen LogP) is 4.13. The van der Waals surface area contributed by atoms with Crippen LogP contribution in [0.4, 0.5) is 0 Å². The van der Waals surface area contributed by atoms with Crippen LogP contribution in [0.2, 0.25) is 0 Å². The third kappa shape index (κ3) is 4.04. The second kappa shape index (κ2) is 8.37. The van der Waals surface area contributed by atoms with Crippen molar-refractivity contribution in [2.45, 2.75) is 52.5 Å². The fraction of sp³-hybridized carbons (Fsp3) is 0.476. The topological polar surface area (TPSA) is 66.8 Å². The highest BCUT2D eigenvalue weighted by molar-refractivity contribution is 5.94. The fourth-order valence-corrected chi connectivity index (χ4v) is 3.55. The minimum atomic E-state index is 0.0364. The molecule has 0 aliphatic heterocycles. The van der Waals surface area contributed by atoms with Crippen LogP contribution < -0.4 is 0 Å². The van der Waals surface area contributed by atoms with E-state index in [9.17, 15) is 4.79 Å². The van der Waals surface area contributed by atoms with Crippen LogP contribution >= 0.6 is 0 Å². The predicted molar refractivity (Wildman–Crippen MR) is 108 cm³/mol. The van der Waals surface area contributed by atoms with E-state index in [2.05, 4.69) is 28.9 Å². The average Bonchev–Trinajstić information content (AvgIpc) is 3.25. The maximum Gasteiger partial charge on any atom is 0.257 e. The Morgan fingerprint density at radius 1 is 1.26 bits per heavy atom. The molecular weight excluding hydrogens is 338 g/mol. The zero-order chi connectivity index (χ0) is 19.4. The van der Waals surface area contributed by atoms with Gasteiger partial charge in [-0.25, -0.2) is 4.98 Å². The Kier molecular flexibility index (Phi) is 5.94. The molecule has 0 atom stereocenters. The van der Waals surface area contributed by atoms with Gasteiger partial charge in [0.25, 0.3) is 5.91 Å². The maximum absolute atomic E-state index is 12.8. The van der Waals surface area contributed by atoms with E-state index < -0.39 is 0 Å². The summed E-state index contributed by atoms with van der Waals surface area (Å²) in [4.78, 5) is 22.5. The van der Waals surface area contributed by atoms with Gasteiger partial charge < -0.3 is 9.88 Å². The van der Waals surface area contributed by atoms with Gasteiger partial charge in [0.15, 0.2) is 0 Å². The molecule has 3 aromatic rings. The fourth-order valence-electron chi connectivity index (χ4n) is 3.55. The monoisotopic (exact) mass is 367 g/mol. The highest BCUT2D eigenvalue weighted by Gasteiger charge is 2.20. The van der Waals surface area contributed by atoms with Gasteiger partial charge in [-0.2, -0.15) is 5.10 Å². The molecule has 1 N–H and O–H groups in total. The molecule has 0 aliphatic rings. The van der Waals surface area contributed by atoms with Crippen molar-refractivity contribution in [1.82, 2.24) is 24.6 Å².